The normalized spacial score (nSPS) is 11.7. The molecule has 2 amide bonds. The Hall–Kier alpha value is -2.33. The fraction of sp³-hybridized carbons (Fsp3) is 0.222. The van der Waals surface area contributed by atoms with Gasteiger partial charge in [-0.2, -0.15) is 0 Å². The van der Waals surface area contributed by atoms with E-state index < -0.39 is 11.8 Å². The second kappa shape index (κ2) is 7.79. The molecule has 23 heavy (non-hydrogen) atoms. The minimum absolute atomic E-state index is 0.174. The lowest BCUT2D eigenvalue weighted by Gasteiger charge is -2.16. The van der Waals surface area contributed by atoms with E-state index in [0.29, 0.717) is 17.0 Å². The molecular weight excluding hydrogens is 312 g/mol. The number of halogens is 1. The van der Waals surface area contributed by atoms with Crippen LogP contribution in [0.2, 0.25) is 5.02 Å². The Morgan fingerprint density at radius 2 is 1.78 bits per heavy atom. The van der Waals surface area contributed by atoms with Gasteiger partial charge in [0, 0.05) is 17.1 Å². The molecule has 0 fully saturated rings. The van der Waals surface area contributed by atoms with Crippen LogP contribution in [0.4, 0.5) is 0 Å². The topological polar surface area (TPSA) is 72.2 Å². The number of amides is 2. The van der Waals surface area contributed by atoms with Crippen LogP contribution >= 0.6 is 11.6 Å². The van der Waals surface area contributed by atoms with E-state index in [9.17, 15) is 9.59 Å². The number of carbonyl (C=O) groups excluding carboxylic acids is 2. The van der Waals surface area contributed by atoms with Gasteiger partial charge in [0.1, 0.15) is 0 Å². The third-order valence-electron chi connectivity index (χ3n) is 3.73. The Labute approximate surface area is 140 Å². The van der Waals surface area contributed by atoms with Crippen molar-refractivity contribution in [3.05, 3.63) is 70.2 Å². The summed E-state index contributed by atoms with van der Waals surface area (Å²) >= 11 is 6.11. The molecule has 0 spiro atoms. The summed E-state index contributed by atoms with van der Waals surface area (Å²) in [6.45, 7) is 2.04. The Balaban J connectivity index is 2.03. The summed E-state index contributed by atoms with van der Waals surface area (Å²) in [5, 5.41) is 3.37. The van der Waals surface area contributed by atoms with E-state index in [0.717, 1.165) is 11.1 Å². The molecule has 1 atom stereocenters. The van der Waals surface area contributed by atoms with Crippen molar-refractivity contribution in [2.75, 3.05) is 6.54 Å². The molecule has 0 bridgehead atoms. The van der Waals surface area contributed by atoms with E-state index in [1.54, 1.807) is 18.2 Å². The Morgan fingerprint density at radius 1 is 1.13 bits per heavy atom. The number of rotatable bonds is 6. The second-order valence-electron chi connectivity index (χ2n) is 5.42. The van der Waals surface area contributed by atoms with Gasteiger partial charge >= 0.3 is 0 Å². The largest absolute Gasteiger partial charge is 0.369 e. The molecular formula is C18H19ClN2O2. The van der Waals surface area contributed by atoms with Crippen LogP contribution in [0.1, 0.15) is 21.5 Å². The van der Waals surface area contributed by atoms with Gasteiger partial charge < -0.3 is 11.1 Å². The summed E-state index contributed by atoms with van der Waals surface area (Å²) < 4.78 is 0. The maximum atomic E-state index is 12.2. The average molecular weight is 331 g/mol. The van der Waals surface area contributed by atoms with Gasteiger partial charge in [0.15, 0.2) is 0 Å². The van der Waals surface area contributed by atoms with Gasteiger partial charge in [-0.05, 0) is 36.6 Å². The second-order valence-corrected chi connectivity index (χ2v) is 5.83. The van der Waals surface area contributed by atoms with E-state index in [1.165, 1.54) is 0 Å². The summed E-state index contributed by atoms with van der Waals surface area (Å²) in [7, 11) is 0. The number of aryl methyl sites for hydroxylation is 1. The van der Waals surface area contributed by atoms with E-state index in [4.69, 9.17) is 17.3 Å². The van der Waals surface area contributed by atoms with Crippen LogP contribution in [0.25, 0.3) is 0 Å². The highest BCUT2D eigenvalue weighted by Crippen LogP contribution is 2.18. The number of nitrogens with one attached hydrogen (secondary N) is 1. The lowest BCUT2D eigenvalue weighted by Crippen LogP contribution is -2.37. The summed E-state index contributed by atoms with van der Waals surface area (Å²) in [4.78, 5) is 23.9. The summed E-state index contributed by atoms with van der Waals surface area (Å²) in [5.74, 6) is -1.19. The van der Waals surface area contributed by atoms with Gasteiger partial charge in [-0.25, -0.2) is 0 Å². The average Bonchev–Trinajstić information content (AvgIpc) is 2.53. The van der Waals surface area contributed by atoms with Crippen LogP contribution in [0.5, 0.6) is 0 Å². The van der Waals surface area contributed by atoms with E-state index in [-0.39, 0.29) is 12.5 Å². The van der Waals surface area contributed by atoms with Gasteiger partial charge in [-0.15, -0.1) is 0 Å². The van der Waals surface area contributed by atoms with Crippen LogP contribution in [-0.2, 0) is 11.2 Å². The van der Waals surface area contributed by atoms with Gasteiger partial charge in [-0.3, -0.25) is 9.59 Å². The van der Waals surface area contributed by atoms with Crippen molar-refractivity contribution in [2.45, 2.75) is 13.3 Å². The number of hydrogen-bond donors (Lipinski definition) is 2. The fourth-order valence-corrected chi connectivity index (χ4v) is 2.55. The monoisotopic (exact) mass is 330 g/mol. The van der Waals surface area contributed by atoms with Crippen molar-refractivity contribution >= 4 is 23.4 Å². The Kier molecular flexibility index (Phi) is 5.77. The molecule has 5 heteroatoms. The fourth-order valence-electron chi connectivity index (χ4n) is 2.34. The van der Waals surface area contributed by atoms with Gasteiger partial charge in [-0.1, -0.05) is 48.0 Å². The molecule has 0 aliphatic rings. The van der Waals surface area contributed by atoms with Gasteiger partial charge in [0.25, 0.3) is 5.91 Å². The van der Waals surface area contributed by atoms with E-state index in [1.807, 2.05) is 37.3 Å². The molecule has 0 unspecified atom stereocenters. The highest BCUT2D eigenvalue weighted by atomic mass is 35.5. The molecule has 2 aromatic carbocycles. The third kappa shape index (κ3) is 4.57. The predicted octanol–water partition coefficient (Wildman–Crippen LogP) is 2.72. The number of nitrogens with two attached hydrogens (primary N) is 1. The van der Waals surface area contributed by atoms with Crippen molar-refractivity contribution in [2.24, 2.45) is 11.7 Å². The quantitative estimate of drug-likeness (QED) is 0.854. The number of primary amides is 1. The zero-order valence-corrected chi connectivity index (χ0v) is 13.6. The van der Waals surface area contributed by atoms with Crippen molar-refractivity contribution in [3.8, 4) is 0 Å². The summed E-state index contributed by atoms with van der Waals surface area (Å²) in [5.41, 5.74) is 7.76. The zero-order valence-electron chi connectivity index (χ0n) is 12.9. The van der Waals surface area contributed by atoms with Crippen LogP contribution in [0.3, 0.4) is 0 Å². The van der Waals surface area contributed by atoms with Crippen molar-refractivity contribution in [3.63, 3.8) is 0 Å². The molecule has 3 N–H and O–H groups in total. The molecule has 0 heterocycles. The molecule has 120 valence electrons. The Bertz CT molecular complexity index is 716. The van der Waals surface area contributed by atoms with Crippen LogP contribution in [0.15, 0.2) is 48.5 Å². The maximum Gasteiger partial charge on any atom is 0.251 e. The number of hydrogen-bond acceptors (Lipinski definition) is 2. The van der Waals surface area contributed by atoms with Gasteiger partial charge in [0.05, 0.1) is 5.92 Å². The van der Waals surface area contributed by atoms with Gasteiger partial charge in [0.2, 0.25) is 5.91 Å². The lowest BCUT2D eigenvalue weighted by molar-refractivity contribution is -0.121. The molecule has 0 saturated carbocycles. The first-order valence-corrected chi connectivity index (χ1v) is 7.73. The minimum Gasteiger partial charge on any atom is -0.369 e. The van der Waals surface area contributed by atoms with Crippen LogP contribution < -0.4 is 11.1 Å². The first kappa shape index (κ1) is 17.0. The highest BCUT2D eigenvalue weighted by Gasteiger charge is 2.19. The van der Waals surface area contributed by atoms with Crippen molar-refractivity contribution < 1.29 is 9.59 Å². The van der Waals surface area contributed by atoms with Crippen LogP contribution in [0, 0.1) is 12.8 Å². The first-order valence-electron chi connectivity index (χ1n) is 7.35. The first-order chi connectivity index (χ1) is 11.0. The molecule has 0 aromatic heterocycles. The highest BCUT2D eigenvalue weighted by molar-refractivity contribution is 6.31. The predicted molar refractivity (Wildman–Crippen MR) is 91.4 cm³/mol. The minimum atomic E-state index is -0.511. The standard InChI is InChI=1S/C18H19ClN2O2/c1-12-6-2-4-8-15(12)18(23)21-11-14(17(20)22)10-13-7-3-5-9-16(13)19/h2-9,14H,10-11H2,1H3,(H2,20,22)(H,21,23)/t14-/m1/s1. The Morgan fingerprint density at radius 3 is 2.43 bits per heavy atom. The molecule has 0 saturated heterocycles. The maximum absolute atomic E-state index is 12.2. The number of carbonyl (C=O) groups is 2. The third-order valence-corrected chi connectivity index (χ3v) is 4.09. The smallest absolute Gasteiger partial charge is 0.251 e. The molecule has 0 aliphatic carbocycles. The zero-order chi connectivity index (χ0) is 16.8. The lowest BCUT2D eigenvalue weighted by atomic mass is 9.98. The molecule has 4 nitrogen and oxygen atoms in total. The van der Waals surface area contributed by atoms with E-state index >= 15 is 0 Å². The molecule has 0 radical (unpaired) electrons. The van der Waals surface area contributed by atoms with Crippen molar-refractivity contribution in [1.29, 1.82) is 0 Å². The van der Waals surface area contributed by atoms with Crippen molar-refractivity contribution in [1.82, 2.24) is 5.32 Å². The molecule has 0 aliphatic heterocycles. The summed E-state index contributed by atoms with van der Waals surface area (Å²) in [6, 6.07) is 14.6. The number of benzene rings is 2. The van der Waals surface area contributed by atoms with E-state index in [2.05, 4.69) is 5.32 Å². The summed E-state index contributed by atoms with van der Waals surface area (Å²) in [6.07, 6.45) is 0.392. The SMILES string of the molecule is Cc1ccccc1C(=O)NC[C@@H](Cc1ccccc1Cl)C(N)=O. The molecule has 2 aromatic rings. The molecule has 2 rings (SSSR count). The van der Waals surface area contributed by atoms with Crippen LogP contribution in [-0.4, -0.2) is 18.4 Å².